The summed E-state index contributed by atoms with van der Waals surface area (Å²) in [6.07, 6.45) is 1.47. The van der Waals surface area contributed by atoms with Gasteiger partial charge in [-0.15, -0.1) is 0 Å². The molecule has 1 aromatic heterocycles. The van der Waals surface area contributed by atoms with Crippen molar-refractivity contribution in [3.05, 3.63) is 87.8 Å². The molecular weight excluding hydrogens is 408 g/mol. The van der Waals surface area contributed by atoms with E-state index in [0.29, 0.717) is 15.8 Å². The number of para-hydroxylation sites is 1. The molecule has 6 heteroatoms. The van der Waals surface area contributed by atoms with Crippen molar-refractivity contribution in [3.8, 4) is 0 Å². The maximum absolute atomic E-state index is 13.0. The first kappa shape index (κ1) is 18.9. The summed E-state index contributed by atoms with van der Waals surface area (Å²) in [5.74, 6) is -0.387. The van der Waals surface area contributed by atoms with E-state index < -0.39 is 6.04 Å². The predicted octanol–water partition coefficient (Wildman–Crippen LogP) is 4.77. The smallest absolute Gasteiger partial charge is 0.254 e. The lowest BCUT2D eigenvalue weighted by molar-refractivity contribution is -0.118. The summed E-state index contributed by atoms with van der Waals surface area (Å²) in [4.78, 5) is 25.7. The summed E-state index contributed by atoms with van der Waals surface area (Å²) in [6, 6.07) is 15.2. The molecule has 2 amide bonds. The predicted molar refractivity (Wildman–Crippen MR) is 108 cm³/mol. The second-order valence-corrected chi connectivity index (χ2v) is 7.01. The third-order valence-electron chi connectivity index (χ3n) is 4.21. The Kier molecular flexibility index (Phi) is 5.76. The van der Waals surface area contributed by atoms with Crippen LogP contribution in [0.2, 0.25) is 0 Å². The Bertz CT molecular complexity index is 947. The minimum absolute atomic E-state index is 0.360. The van der Waals surface area contributed by atoms with Crippen LogP contribution in [-0.2, 0) is 4.79 Å². The van der Waals surface area contributed by atoms with Gasteiger partial charge in [0.2, 0.25) is 0 Å². The number of halogens is 1. The van der Waals surface area contributed by atoms with Crippen molar-refractivity contribution in [2.45, 2.75) is 19.9 Å². The lowest BCUT2D eigenvalue weighted by Gasteiger charge is -2.19. The topological polar surface area (TPSA) is 71.3 Å². The van der Waals surface area contributed by atoms with E-state index in [2.05, 4.69) is 26.6 Å². The van der Waals surface area contributed by atoms with E-state index in [1.54, 1.807) is 30.3 Å². The number of hydrogen-bond acceptors (Lipinski definition) is 3. The van der Waals surface area contributed by atoms with Gasteiger partial charge in [0.1, 0.15) is 5.76 Å². The van der Waals surface area contributed by atoms with Crippen LogP contribution < -0.4 is 10.6 Å². The molecule has 0 saturated carbocycles. The Labute approximate surface area is 165 Å². The molecule has 1 atom stereocenters. The fourth-order valence-corrected chi connectivity index (χ4v) is 3.25. The summed E-state index contributed by atoms with van der Waals surface area (Å²) in [5.41, 5.74) is 3.06. The number of rotatable bonds is 5. The molecule has 3 aromatic rings. The number of benzene rings is 2. The van der Waals surface area contributed by atoms with Gasteiger partial charge in [0.05, 0.1) is 11.8 Å². The summed E-state index contributed by atoms with van der Waals surface area (Å²) >= 11 is 3.36. The van der Waals surface area contributed by atoms with Gasteiger partial charge in [0.25, 0.3) is 11.8 Å². The monoisotopic (exact) mass is 426 g/mol. The zero-order valence-corrected chi connectivity index (χ0v) is 16.5. The zero-order chi connectivity index (χ0) is 19.4. The highest BCUT2D eigenvalue weighted by molar-refractivity contribution is 9.10. The Morgan fingerprint density at radius 1 is 0.963 bits per heavy atom. The lowest BCUT2D eigenvalue weighted by atomic mass is 10.1. The number of carbonyl (C=O) groups is 2. The maximum Gasteiger partial charge on any atom is 0.254 e. The molecule has 0 aliphatic heterocycles. The largest absolute Gasteiger partial charge is 0.467 e. The summed E-state index contributed by atoms with van der Waals surface area (Å²) in [6.45, 7) is 3.84. The van der Waals surface area contributed by atoms with Gasteiger partial charge < -0.3 is 15.1 Å². The molecule has 3 rings (SSSR count). The number of furan rings is 1. The third kappa shape index (κ3) is 4.28. The van der Waals surface area contributed by atoms with Crippen LogP contribution in [0.5, 0.6) is 0 Å². The number of carbonyl (C=O) groups excluding carboxylic acids is 2. The van der Waals surface area contributed by atoms with E-state index in [4.69, 9.17) is 4.42 Å². The summed E-state index contributed by atoms with van der Waals surface area (Å²) in [7, 11) is 0. The van der Waals surface area contributed by atoms with Crippen LogP contribution in [0, 0.1) is 13.8 Å². The van der Waals surface area contributed by atoms with Crippen molar-refractivity contribution >= 4 is 33.4 Å². The molecule has 0 fully saturated rings. The van der Waals surface area contributed by atoms with Crippen molar-refractivity contribution in [1.82, 2.24) is 5.32 Å². The number of aryl methyl sites for hydroxylation is 2. The van der Waals surface area contributed by atoms with E-state index in [0.717, 1.165) is 16.8 Å². The molecule has 0 spiro atoms. The molecule has 1 unspecified atom stereocenters. The number of amides is 2. The Morgan fingerprint density at radius 3 is 2.30 bits per heavy atom. The highest BCUT2D eigenvalue weighted by atomic mass is 79.9. The number of nitrogens with one attached hydrogen (secondary N) is 2. The van der Waals surface area contributed by atoms with E-state index >= 15 is 0 Å². The molecule has 0 bridgehead atoms. The van der Waals surface area contributed by atoms with Crippen LogP contribution in [0.15, 0.2) is 69.8 Å². The molecule has 1 heterocycles. The van der Waals surface area contributed by atoms with Gasteiger partial charge in [0, 0.05) is 10.2 Å². The average Bonchev–Trinajstić information content (AvgIpc) is 3.17. The van der Waals surface area contributed by atoms with Crippen LogP contribution in [0.4, 0.5) is 5.69 Å². The van der Waals surface area contributed by atoms with Gasteiger partial charge in [-0.25, -0.2) is 0 Å². The van der Waals surface area contributed by atoms with Gasteiger partial charge in [-0.1, -0.05) is 30.3 Å². The molecule has 2 aromatic carbocycles. The van der Waals surface area contributed by atoms with E-state index in [1.165, 1.54) is 6.26 Å². The fourth-order valence-electron chi connectivity index (χ4n) is 2.78. The quantitative estimate of drug-likeness (QED) is 0.616. The van der Waals surface area contributed by atoms with Crippen LogP contribution >= 0.6 is 15.9 Å². The van der Waals surface area contributed by atoms with Crippen molar-refractivity contribution < 1.29 is 14.0 Å². The van der Waals surface area contributed by atoms with Crippen molar-refractivity contribution in [2.24, 2.45) is 0 Å². The average molecular weight is 427 g/mol. The van der Waals surface area contributed by atoms with Gasteiger partial charge in [-0.05, 0) is 65.2 Å². The molecule has 2 N–H and O–H groups in total. The van der Waals surface area contributed by atoms with E-state index in [9.17, 15) is 9.59 Å². The normalized spacial score (nSPS) is 11.7. The first-order chi connectivity index (χ1) is 13.0. The van der Waals surface area contributed by atoms with E-state index in [1.807, 2.05) is 38.1 Å². The second kappa shape index (κ2) is 8.22. The SMILES string of the molecule is Cc1cccc(C)c1NC(=O)C(NC(=O)c1ccccc1Br)c1ccco1. The third-order valence-corrected chi connectivity index (χ3v) is 4.90. The van der Waals surface area contributed by atoms with Gasteiger partial charge >= 0.3 is 0 Å². The standard InChI is InChI=1S/C21H19BrN2O3/c1-13-7-5-8-14(2)18(13)23-21(26)19(17-11-6-12-27-17)24-20(25)15-9-3-4-10-16(15)22/h3-12,19H,1-2H3,(H,23,26)(H,24,25). The minimum atomic E-state index is -0.960. The first-order valence-electron chi connectivity index (χ1n) is 8.43. The summed E-state index contributed by atoms with van der Waals surface area (Å²) in [5, 5.41) is 5.67. The Hall–Kier alpha value is -2.86. The second-order valence-electron chi connectivity index (χ2n) is 6.16. The first-order valence-corrected chi connectivity index (χ1v) is 9.22. The lowest BCUT2D eigenvalue weighted by Crippen LogP contribution is -2.37. The van der Waals surface area contributed by atoms with Crippen LogP contribution in [-0.4, -0.2) is 11.8 Å². The highest BCUT2D eigenvalue weighted by Gasteiger charge is 2.27. The van der Waals surface area contributed by atoms with Crippen LogP contribution in [0.1, 0.15) is 33.3 Å². The molecule has 5 nitrogen and oxygen atoms in total. The minimum Gasteiger partial charge on any atom is -0.467 e. The Balaban J connectivity index is 1.87. The van der Waals surface area contributed by atoms with Gasteiger partial charge in [-0.3, -0.25) is 9.59 Å². The summed E-state index contributed by atoms with van der Waals surface area (Å²) < 4.78 is 6.04. The number of anilines is 1. The highest BCUT2D eigenvalue weighted by Crippen LogP contribution is 2.23. The molecule has 138 valence electrons. The Morgan fingerprint density at radius 2 is 1.67 bits per heavy atom. The zero-order valence-electron chi connectivity index (χ0n) is 15.0. The molecule has 0 radical (unpaired) electrons. The molecular formula is C21H19BrN2O3. The van der Waals surface area contributed by atoms with Gasteiger partial charge in [0.15, 0.2) is 6.04 Å². The van der Waals surface area contributed by atoms with Crippen LogP contribution in [0.3, 0.4) is 0 Å². The molecule has 0 aliphatic rings. The van der Waals surface area contributed by atoms with Crippen LogP contribution in [0.25, 0.3) is 0 Å². The van der Waals surface area contributed by atoms with Crippen molar-refractivity contribution in [1.29, 1.82) is 0 Å². The fraction of sp³-hybridized carbons (Fsp3) is 0.143. The maximum atomic E-state index is 13.0. The van der Waals surface area contributed by atoms with Crippen molar-refractivity contribution in [3.63, 3.8) is 0 Å². The molecule has 0 aliphatic carbocycles. The number of hydrogen-bond donors (Lipinski definition) is 2. The van der Waals surface area contributed by atoms with Gasteiger partial charge in [-0.2, -0.15) is 0 Å². The molecule has 0 saturated heterocycles. The van der Waals surface area contributed by atoms with Crippen molar-refractivity contribution in [2.75, 3.05) is 5.32 Å². The molecule has 27 heavy (non-hydrogen) atoms. The van der Waals surface area contributed by atoms with E-state index in [-0.39, 0.29) is 11.8 Å².